The molecule has 0 fully saturated rings. The van der Waals surface area contributed by atoms with Crippen LogP contribution in [0.1, 0.15) is 61.0 Å². The van der Waals surface area contributed by atoms with Gasteiger partial charge in [0.2, 0.25) is 10.0 Å². The first-order chi connectivity index (χ1) is 14.4. The maximum Gasteiger partial charge on any atom is 0.337 e. The zero-order chi connectivity index (χ0) is 21.6. The van der Waals surface area contributed by atoms with Gasteiger partial charge in [-0.15, -0.1) is 0 Å². The fraction of sp³-hybridized carbons (Fsp3) is 0.348. The molecule has 0 amide bonds. The van der Waals surface area contributed by atoms with Crippen LogP contribution in [0.4, 0.5) is 5.69 Å². The second-order valence-corrected chi connectivity index (χ2v) is 9.27. The SMILES string of the molecule is C[C@H](NS(=O)(=O)c1ccc(NCCC2=CCCCC2)c(C(=O)O)c1)c1ccccc1. The van der Waals surface area contributed by atoms with Gasteiger partial charge in [0.15, 0.2) is 0 Å². The van der Waals surface area contributed by atoms with E-state index in [1.165, 1.54) is 36.6 Å². The Balaban J connectivity index is 1.73. The van der Waals surface area contributed by atoms with E-state index in [4.69, 9.17) is 0 Å². The van der Waals surface area contributed by atoms with E-state index in [-0.39, 0.29) is 10.5 Å². The van der Waals surface area contributed by atoms with Crippen LogP contribution in [0.15, 0.2) is 65.1 Å². The number of nitrogens with one attached hydrogen (secondary N) is 2. The molecule has 0 unspecified atom stereocenters. The van der Waals surface area contributed by atoms with Gasteiger partial charge in [0, 0.05) is 18.3 Å². The molecule has 6 nitrogen and oxygen atoms in total. The highest BCUT2D eigenvalue weighted by molar-refractivity contribution is 7.89. The van der Waals surface area contributed by atoms with Crippen molar-refractivity contribution >= 4 is 21.7 Å². The third-order valence-corrected chi connectivity index (χ3v) is 6.85. The summed E-state index contributed by atoms with van der Waals surface area (Å²) < 4.78 is 28.2. The maximum absolute atomic E-state index is 12.8. The molecule has 0 spiro atoms. The van der Waals surface area contributed by atoms with Crippen molar-refractivity contribution in [3.05, 3.63) is 71.3 Å². The van der Waals surface area contributed by atoms with Crippen LogP contribution in [0.25, 0.3) is 0 Å². The predicted octanol–water partition coefficient (Wildman–Crippen LogP) is 4.73. The molecule has 1 aliphatic rings. The van der Waals surface area contributed by atoms with E-state index in [1.807, 2.05) is 30.3 Å². The summed E-state index contributed by atoms with van der Waals surface area (Å²) >= 11 is 0. The summed E-state index contributed by atoms with van der Waals surface area (Å²) in [5.41, 5.74) is 2.59. The standard InChI is InChI=1S/C23H28N2O4S/c1-17(19-10-6-3-7-11-19)25-30(28,29)20-12-13-22(21(16-20)23(26)27)24-15-14-18-8-4-2-5-9-18/h3,6-8,10-13,16-17,24-25H,2,4-5,9,14-15H2,1H3,(H,26,27)/t17-/m0/s1. The van der Waals surface area contributed by atoms with Crippen molar-refractivity contribution < 1.29 is 18.3 Å². The van der Waals surface area contributed by atoms with Gasteiger partial charge >= 0.3 is 5.97 Å². The van der Waals surface area contributed by atoms with Crippen LogP contribution in [-0.4, -0.2) is 26.0 Å². The lowest BCUT2D eigenvalue weighted by molar-refractivity contribution is 0.0697. The normalized spacial score (nSPS) is 15.3. The summed E-state index contributed by atoms with van der Waals surface area (Å²) in [6.45, 7) is 2.36. The highest BCUT2D eigenvalue weighted by Gasteiger charge is 2.21. The lowest BCUT2D eigenvalue weighted by Crippen LogP contribution is -2.27. The molecule has 30 heavy (non-hydrogen) atoms. The summed E-state index contributed by atoms with van der Waals surface area (Å²) in [5.74, 6) is -1.16. The monoisotopic (exact) mass is 428 g/mol. The molecule has 1 atom stereocenters. The highest BCUT2D eigenvalue weighted by Crippen LogP contribution is 2.24. The minimum atomic E-state index is -3.87. The molecule has 3 N–H and O–H groups in total. The van der Waals surface area contributed by atoms with Gasteiger partial charge in [0.25, 0.3) is 0 Å². The number of sulfonamides is 1. The van der Waals surface area contributed by atoms with Crippen LogP contribution in [-0.2, 0) is 10.0 Å². The lowest BCUT2D eigenvalue weighted by Gasteiger charge is -2.17. The first kappa shape index (κ1) is 22.1. The van der Waals surface area contributed by atoms with E-state index in [0.717, 1.165) is 24.8 Å². The Hall–Kier alpha value is -2.64. The smallest absolute Gasteiger partial charge is 0.337 e. The van der Waals surface area contributed by atoms with E-state index in [9.17, 15) is 18.3 Å². The van der Waals surface area contributed by atoms with Crippen molar-refractivity contribution in [3.8, 4) is 0 Å². The Morgan fingerprint density at radius 1 is 1.13 bits per heavy atom. The molecule has 2 aromatic rings. The number of anilines is 1. The number of benzene rings is 2. The summed E-state index contributed by atoms with van der Waals surface area (Å²) in [7, 11) is -3.87. The Morgan fingerprint density at radius 2 is 1.90 bits per heavy atom. The van der Waals surface area contributed by atoms with Gasteiger partial charge in [0.1, 0.15) is 0 Å². The minimum Gasteiger partial charge on any atom is -0.478 e. The zero-order valence-corrected chi connectivity index (χ0v) is 17.9. The topological polar surface area (TPSA) is 95.5 Å². The maximum atomic E-state index is 12.8. The van der Waals surface area contributed by atoms with Gasteiger partial charge < -0.3 is 10.4 Å². The van der Waals surface area contributed by atoms with Crippen molar-refractivity contribution in [3.63, 3.8) is 0 Å². The van der Waals surface area contributed by atoms with Gasteiger partial charge in [0.05, 0.1) is 10.5 Å². The summed E-state index contributed by atoms with van der Waals surface area (Å²) in [4.78, 5) is 11.7. The molecule has 0 saturated heterocycles. The fourth-order valence-corrected chi connectivity index (χ4v) is 4.88. The van der Waals surface area contributed by atoms with E-state index in [1.54, 1.807) is 6.92 Å². The molecule has 7 heteroatoms. The molecule has 0 aromatic heterocycles. The van der Waals surface area contributed by atoms with Crippen LogP contribution >= 0.6 is 0 Å². The number of carboxylic acids is 1. The molecule has 0 bridgehead atoms. The number of rotatable bonds is 9. The summed E-state index contributed by atoms with van der Waals surface area (Å²) in [5, 5.41) is 12.7. The van der Waals surface area contributed by atoms with E-state index in [0.29, 0.717) is 12.2 Å². The molecular weight excluding hydrogens is 400 g/mol. The van der Waals surface area contributed by atoms with Crippen LogP contribution in [0, 0.1) is 0 Å². The largest absolute Gasteiger partial charge is 0.478 e. The van der Waals surface area contributed by atoms with E-state index < -0.39 is 22.0 Å². The van der Waals surface area contributed by atoms with Crippen LogP contribution in [0.3, 0.4) is 0 Å². The fourth-order valence-electron chi connectivity index (χ4n) is 3.62. The van der Waals surface area contributed by atoms with Crippen molar-refractivity contribution in [2.75, 3.05) is 11.9 Å². The number of carboxylic acid groups (broad SMARTS) is 1. The third kappa shape index (κ3) is 5.70. The minimum absolute atomic E-state index is 0.0529. The van der Waals surface area contributed by atoms with E-state index >= 15 is 0 Å². The predicted molar refractivity (Wildman–Crippen MR) is 118 cm³/mol. The Labute approximate surface area is 178 Å². The third-order valence-electron chi connectivity index (χ3n) is 5.31. The number of hydrogen-bond acceptors (Lipinski definition) is 4. The van der Waals surface area contributed by atoms with E-state index in [2.05, 4.69) is 16.1 Å². The Bertz CT molecular complexity index is 1020. The second kappa shape index (κ2) is 9.91. The Kier molecular flexibility index (Phi) is 7.29. The molecule has 2 aromatic carbocycles. The number of aromatic carboxylic acids is 1. The van der Waals surface area contributed by atoms with Crippen LogP contribution in [0.5, 0.6) is 0 Å². The number of carbonyl (C=O) groups is 1. The highest BCUT2D eigenvalue weighted by atomic mass is 32.2. The molecule has 0 heterocycles. The number of hydrogen-bond donors (Lipinski definition) is 3. The first-order valence-electron chi connectivity index (χ1n) is 10.2. The molecular formula is C23H28N2O4S. The molecule has 0 saturated carbocycles. The molecule has 1 aliphatic carbocycles. The van der Waals surface area contributed by atoms with Gasteiger partial charge in [-0.1, -0.05) is 42.0 Å². The average Bonchev–Trinajstić information content (AvgIpc) is 2.74. The van der Waals surface area contributed by atoms with Crippen LogP contribution in [0.2, 0.25) is 0 Å². The molecule has 160 valence electrons. The first-order valence-corrected chi connectivity index (χ1v) is 11.7. The quantitative estimate of drug-likeness (QED) is 0.502. The van der Waals surface area contributed by atoms with Crippen molar-refractivity contribution in [2.24, 2.45) is 0 Å². The van der Waals surface area contributed by atoms with Gasteiger partial charge in [-0.25, -0.2) is 17.9 Å². The summed E-state index contributed by atoms with van der Waals surface area (Å²) in [6, 6.07) is 13.0. The summed E-state index contributed by atoms with van der Waals surface area (Å²) in [6.07, 6.45) is 7.75. The lowest BCUT2D eigenvalue weighted by atomic mass is 9.97. The van der Waals surface area contributed by atoms with Crippen molar-refractivity contribution in [2.45, 2.75) is 50.0 Å². The molecule has 0 radical (unpaired) electrons. The van der Waals surface area contributed by atoms with Crippen molar-refractivity contribution in [1.29, 1.82) is 0 Å². The van der Waals surface area contributed by atoms with Gasteiger partial charge in [-0.05, 0) is 62.8 Å². The average molecular weight is 429 g/mol. The zero-order valence-electron chi connectivity index (χ0n) is 17.1. The second-order valence-electron chi connectivity index (χ2n) is 7.55. The van der Waals surface area contributed by atoms with Crippen LogP contribution < -0.4 is 10.0 Å². The molecule has 0 aliphatic heterocycles. The van der Waals surface area contributed by atoms with Gasteiger partial charge in [-0.2, -0.15) is 0 Å². The number of allylic oxidation sites excluding steroid dienone is 1. The van der Waals surface area contributed by atoms with Crippen molar-refractivity contribution in [1.82, 2.24) is 4.72 Å². The Morgan fingerprint density at radius 3 is 2.57 bits per heavy atom. The van der Waals surface area contributed by atoms with Gasteiger partial charge in [-0.3, -0.25) is 0 Å². The molecule has 3 rings (SSSR count).